The van der Waals surface area contributed by atoms with Crippen molar-refractivity contribution in [2.24, 2.45) is 7.05 Å². The number of aromatic nitrogens is 3. The van der Waals surface area contributed by atoms with Crippen molar-refractivity contribution in [3.8, 4) is 11.4 Å². The molecule has 1 atom stereocenters. The first-order valence-corrected chi connectivity index (χ1v) is 10.8. The Kier molecular flexibility index (Phi) is 5.35. The number of amides is 1. The molecular formula is C15H17ClN4O3S2. The number of sulfone groups is 1. The van der Waals surface area contributed by atoms with Crippen LogP contribution >= 0.6 is 23.4 Å². The molecule has 1 aliphatic heterocycles. The van der Waals surface area contributed by atoms with Gasteiger partial charge in [0.05, 0.1) is 17.3 Å². The molecule has 25 heavy (non-hydrogen) atoms. The number of benzene rings is 1. The average molecular weight is 401 g/mol. The van der Waals surface area contributed by atoms with E-state index >= 15 is 0 Å². The van der Waals surface area contributed by atoms with Crippen LogP contribution in [0.5, 0.6) is 0 Å². The van der Waals surface area contributed by atoms with Gasteiger partial charge in [-0.15, -0.1) is 10.2 Å². The molecule has 1 fully saturated rings. The smallest absolute Gasteiger partial charge is 0.230 e. The van der Waals surface area contributed by atoms with E-state index in [0.717, 1.165) is 5.56 Å². The van der Waals surface area contributed by atoms with Crippen LogP contribution in [0, 0.1) is 0 Å². The minimum Gasteiger partial charge on any atom is -0.352 e. The number of hydrogen-bond acceptors (Lipinski definition) is 6. The fourth-order valence-corrected chi connectivity index (χ4v) is 5.12. The summed E-state index contributed by atoms with van der Waals surface area (Å²) in [6.07, 6.45) is 0.476. The van der Waals surface area contributed by atoms with Crippen LogP contribution < -0.4 is 5.32 Å². The fraction of sp³-hybridized carbons (Fsp3) is 0.400. The minimum absolute atomic E-state index is 0.0219. The van der Waals surface area contributed by atoms with E-state index in [9.17, 15) is 13.2 Å². The standard InChI is InChI=1S/C15H17ClN4O3S2/c1-20-14(10-2-4-11(16)5-3-10)18-19-15(20)24-8-13(21)17-12-6-7-25(22,23)9-12/h2-5,12H,6-9H2,1H3,(H,17,21)/t12-/m0/s1. The molecule has 1 N–H and O–H groups in total. The number of hydrogen-bond donors (Lipinski definition) is 1. The quantitative estimate of drug-likeness (QED) is 0.765. The largest absolute Gasteiger partial charge is 0.352 e. The van der Waals surface area contributed by atoms with Gasteiger partial charge in [0.2, 0.25) is 5.91 Å². The normalized spacial score (nSPS) is 19.0. The van der Waals surface area contributed by atoms with E-state index < -0.39 is 9.84 Å². The van der Waals surface area contributed by atoms with Gasteiger partial charge in [0, 0.05) is 23.7 Å². The van der Waals surface area contributed by atoms with Crippen molar-refractivity contribution in [3.05, 3.63) is 29.3 Å². The summed E-state index contributed by atoms with van der Waals surface area (Å²) in [5.74, 6) is 0.792. The van der Waals surface area contributed by atoms with Crippen molar-refractivity contribution in [2.45, 2.75) is 17.6 Å². The third-order valence-electron chi connectivity index (χ3n) is 3.87. The molecule has 7 nitrogen and oxygen atoms in total. The number of thioether (sulfide) groups is 1. The second kappa shape index (κ2) is 7.35. The lowest BCUT2D eigenvalue weighted by Gasteiger charge is -2.10. The van der Waals surface area contributed by atoms with Crippen LogP contribution in [-0.4, -0.2) is 52.4 Å². The van der Waals surface area contributed by atoms with E-state index in [-0.39, 0.29) is 29.2 Å². The Morgan fingerprint density at radius 2 is 2.08 bits per heavy atom. The molecule has 1 aliphatic rings. The summed E-state index contributed by atoms with van der Waals surface area (Å²) >= 11 is 7.15. The minimum atomic E-state index is -3.00. The van der Waals surface area contributed by atoms with Gasteiger partial charge in [0.25, 0.3) is 0 Å². The number of carbonyl (C=O) groups excluding carboxylic acids is 1. The van der Waals surface area contributed by atoms with Gasteiger partial charge >= 0.3 is 0 Å². The third kappa shape index (κ3) is 4.53. The van der Waals surface area contributed by atoms with Crippen LogP contribution in [0.1, 0.15) is 6.42 Å². The summed E-state index contributed by atoms with van der Waals surface area (Å²) in [6, 6.07) is 6.98. The first kappa shape index (κ1) is 18.2. The predicted molar refractivity (Wildman–Crippen MR) is 97.4 cm³/mol. The molecule has 10 heteroatoms. The Balaban J connectivity index is 1.59. The van der Waals surface area contributed by atoms with Gasteiger partial charge in [-0.1, -0.05) is 23.4 Å². The fourth-order valence-electron chi connectivity index (χ4n) is 2.60. The first-order chi connectivity index (χ1) is 11.8. The highest BCUT2D eigenvalue weighted by Crippen LogP contribution is 2.23. The topological polar surface area (TPSA) is 94.0 Å². The molecule has 1 aromatic heterocycles. The summed E-state index contributed by atoms with van der Waals surface area (Å²) < 4.78 is 24.6. The predicted octanol–water partition coefficient (Wildman–Crippen LogP) is 1.53. The second-order valence-electron chi connectivity index (χ2n) is 5.83. The van der Waals surface area contributed by atoms with E-state index in [1.54, 1.807) is 16.7 Å². The third-order valence-corrected chi connectivity index (χ3v) is 6.91. The van der Waals surface area contributed by atoms with Gasteiger partial charge in [-0.3, -0.25) is 4.79 Å². The van der Waals surface area contributed by atoms with Crippen molar-refractivity contribution in [2.75, 3.05) is 17.3 Å². The number of nitrogens with zero attached hydrogens (tertiary/aromatic N) is 3. The van der Waals surface area contributed by atoms with Crippen molar-refractivity contribution in [1.82, 2.24) is 20.1 Å². The van der Waals surface area contributed by atoms with Crippen LogP contribution in [-0.2, 0) is 21.7 Å². The molecule has 134 valence electrons. The molecule has 2 aromatic rings. The summed E-state index contributed by atoms with van der Waals surface area (Å²) in [6.45, 7) is 0. The van der Waals surface area contributed by atoms with Crippen molar-refractivity contribution in [1.29, 1.82) is 0 Å². The van der Waals surface area contributed by atoms with E-state index in [0.29, 0.717) is 22.4 Å². The average Bonchev–Trinajstić information content (AvgIpc) is 3.08. The molecule has 0 bridgehead atoms. The van der Waals surface area contributed by atoms with Crippen molar-refractivity contribution < 1.29 is 13.2 Å². The van der Waals surface area contributed by atoms with E-state index in [2.05, 4.69) is 15.5 Å². The highest BCUT2D eigenvalue weighted by molar-refractivity contribution is 7.99. The maximum absolute atomic E-state index is 12.0. The highest BCUT2D eigenvalue weighted by atomic mass is 35.5. The molecule has 1 aromatic carbocycles. The van der Waals surface area contributed by atoms with E-state index in [1.807, 2.05) is 19.2 Å². The molecule has 3 rings (SSSR count). The van der Waals surface area contributed by atoms with Crippen LogP contribution in [0.15, 0.2) is 29.4 Å². The van der Waals surface area contributed by atoms with Crippen LogP contribution in [0.2, 0.25) is 5.02 Å². The number of rotatable bonds is 5. The van der Waals surface area contributed by atoms with E-state index in [4.69, 9.17) is 11.6 Å². The molecule has 0 saturated carbocycles. The van der Waals surface area contributed by atoms with Gasteiger partial charge in [0.1, 0.15) is 0 Å². The molecule has 0 unspecified atom stereocenters. The van der Waals surface area contributed by atoms with Gasteiger partial charge in [-0.25, -0.2) is 8.42 Å². The molecule has 0 aliphatic carbocycles. The van der Waals surface area contributed by atoms with Crippen LogP contribution in [0.3, 0.4) is 0 Å². The van der Waals surface area contributed by atoms with Crippen LogP contribution in [0.4, 0.5) is 0 Å². The maximum atomic E-state index is 12.0. The van der Waals surface area contributed by atoms with Gasteiger partial charge in [0.15, 0.2) is 20.8 Å². The zero-order valence-corrected chi connectivity index (χ0v) is 15.9. The number of carbonyl (C=O) groups is 1. The number of halogens is 1. The molecule has 1 amide bonds. The summed E-state index contributed by atoms with van der Waals surface area (Å²) in [5, 5.41) is 12.3. The van der Waals surface area contributed by atoms with Crippen molar-refractivity contribution in [3.63, 3.8) is 0 Å². The Morgan fingerprint density at radius 1 is 1.36 bits per heavy atom. The van der Waals surface area contributed by atoms with Crippen LogP contribution in [0.25, 0.3) is 11.4 Å². The summed E-state index contributed by atoms with van der Waals surface area (Å²) in [4.78, 5) is 12.0. The Labute approximate surface area is 155 Å². The van der Waals surface area contributed by atoms with Gasteiger partial charge < -0.3 is 9.88 Å². The zero-order chi connectivity index (χ0) is 18.0. The summed E-state index contributed by atoms with van der Waals surface area (Å²) in [7, 11) is -1.18. The number of nitrogens with one attached hydrogen (secondary N) is 1. The Morgan fingerprint density at radius 3 is 2.72 bits per heavy atom. The highest BCUT2D eigenvalue weighted by Gasteiger charge is 2.28. The van der Waals surface area contributed by atoms with Crippen molar-refractivity contribution >= 4 is 39.1 Å². The van der Waals surface area contributed by atoms with Gasteiger partial charge in [-0.05, 0) is 30.7 Å². The van der Waals surface area contributed by atoms with E-state index in [1.165, 1.54) is 11.8 Å². The Bertz CT molecular complexity index is 881. The lowest BCUT2D eigenvalue weighted by molar-refractivity contribution is -0.119. The zero-order valence-electron chi connectivity index (χ0n) is 13.5. The lowest BCUT2D eigenvalue weighted by Crippen LogP contribution is -2.36. The first-order valence-electron chi connectivity index (χ1n) is 7.62. The summed E-state index contributed by atoms with van der Waals surface area (Å²) in [5.41, 5.74) is 0.881. The maximum Gasteiger partial charge on any atom is 0.230 e. The monoisotopic (exact) mass is 400 g/mol. The second-order valence-corrected chi connectivity index (χ2v) is 9.44. The molecular weight excluding hydrogens is 384 g/mol. The lowest BCUT2D eigenvalue weighted by atomic mass is 10.2. The molecule has 2 heterocycles. The SMILES string of the molecule is Cn1c(SCC(=O)N[C@H]2CCS(=O)(=O)C2)nnc1-c1ccc(Cl)cc1. The van der Waals surface area contributed by atoms with Gasteiger partial charge in [-0.2, -0.15) is 0 Å². The molecule has 1 saturated heterocycles. The molecule has 0 radical (unpaired) electrons. The molecule has 0 spiro atoms. The Hall–Kier alpha value is -1.58.